The first-order valence-corrected chi connectivity index (χ1v) is 3.07. The second kappa shape index (κ2) is 5.73. The van der Waals surface area contributed by atoms with Crippen molar-refractivity contribution in [3.8, 4) is 0 Å². The van der Waals surface area contributed by atoms with Gasteiger partial charge in [0, 0.05) is 27.2 Å². The summed E-state index contributed by atoms with van der Waals surface area (Å²) in [5.74, 6) is 0. The van der Waals surface area contributed by atoms with Crippen molar-refractivity contribution in [1.82, 2.24) is 0 Å². The van der Waals surface area contributed by atoms with Crippen LogP contribution in [0, 0.1) is 0 Å². The van der Waals surface area contributed by atoms with E-state index in [2.05, 4.69) is 0 Å². The molecule has 0 heterocycles. The maximum atomic E-state index is 8.64. The predicted octanol–water partition coefficient (Wildman–Crippen LogP) is -1.60. The Morgan fingerprint density at radius 1 is 1.10 bits per heavy atom. The predicted molar refractivity (Wildman–Crippen MR) is 39.7 cm³/mol. The number of hydrogen-bond acceptors (Lipinski definition) is 4. The van der Waals surface area contributed by atoms with Crippen LogP contribution < -0.4 is 0 Å². The van der Waals surface area contributed by atoms with Gasteiger partial charge in [-0.3, -0.25) is 0 Å². The summed E-state index contributed by atoms with van der Waals surface area (Å²) in [7, 11) is 2.41. The Balaban J connectivity index is 3.70. The molecule has 0 aromatic heterocycles. The van der Waals surface area contributed by atoms with E-state index < -0.39 is 7.01 Å². The van der Waals surface area contributed by atoms with Gasteiger partial charge in [0.05, 0.1) is 0 Å². The monoisotopic (exact) mass is 146 g/mol. The fraction of sp³-hybridized carbons (Fsp3) is 1.00. The van der Waals surface area contributed by atoms with E-state index in [0.717, 1.165) is 0 Å². The first-order valence-electron chi connectivity index (χ1n) is 3.07. The van der Waals surface area contributed by atoms with Crippen molar-refractivity contribution < 1.29 is 19.5 Å². The molecule has 0 aliphatic rings. The standard InChI is InChI=1S/C4H12B2O4/c1-9-6(10-2)5(3-7)4-8/h7-8H,3-4H2,1-2H3. The van der Waals surface area contributed by atoms with Crippen LogP contribution in [0.4, 0.5) is 0 Å². The average molecular weight is 146 g/mol. The van der Waals surface area contributed by atoms with Gasteiger partial charge in [-0.2, -0.15) is 0 Å². The highest BCUT2D eigenvalue weighted by Gasteiger charge is 2.30. The molecule has 0 radical (unpaired) electrons. The zero-order valence-electron chi connectivity index (χ0n) is 6.28. The molecule has 0 aromatic rings. The van der Waals surface area contributed by atoms with E-state index in [1.54, 1.807) is 0 Å². The van der Waals surface area contributed by atoms with E-state index in [0.29, 0.717) is 0 Å². The lowest BCUT2D eigenvalue weighted by molar-refractivity contribution is 0.283. The Bertz CT molecular complexity index is 63.7. The minimum absolute atomic E-state index is 0.136. The summed E-state index contributed by atoms with van der Waals surface area (Å²) in [6.45, 7) is -0.624. The summed E-state index contributed by atoms with van der Waals surface area (Å²) in [6, 6.07) is 0. The van der Waals surface area contributed by atoms with Crippen molar-refractivity contribution in [2.75, 3.05) is 27.2 Å². The van der Waals surface area contributed by atoms with Gasteiger partial charge in [-0.1, -0.05) is 0 Å². The Morgan fingerprint density at radius 2 is 1.50 bits per heavy atom. The summed E-state index contributed by atoms with van der Waals surface area (Å²) in [5, 5.41) is 17.3. The van der Waals surface area contributed by atoms with Crippen LogP contribution in [0.2, 0.25) is 0 Å². The molecule has 0 saturated heterocycles. The van der Waals surface area contributed by atoms with Crippen molar-refractivity contribution in [2.24, 2.45) is 0 Å². The van der Waals surface area contributed by atoms with Gasteiger partial charge in [0.1, 0.15) is 0 Å². The van der Waals surface area contributed by atoms with Gasteiger partial charge in [-0.25, -0.2) is 0 Å². The summed E-state index contributed by atoms with van der Waals surface area (Å²) < 4.78 is 9.60. The number of aliphatic hydroxyl groups excluding tert-OH is 2. The van der Waals surface area contributed by atoms with Gasteiger partial charge in [0.2, 0.25) is 6.60 Å². The molecule has 0 rings (SSSR count). The molecule has 0 aliphatic heterocycles. The van der Waals surface area contributed by atoms with Gasteiger partial charge >= 0.3 is 7.01 Å². The average Bonchev–Trinajstić information content (AvgIpc) is 2.00. The number of aliphatic hydroxyl groups is 2. The fourth-order valence-electron chi connectivity index (χ4n) is 0.711. The van der Waals surface area contributed by atoms with Crippen LogP contribution in [0.25, 0.3) is 0 Å². The molecular formula is C4H12B2O4. The molecule has 4 nitrogen and oxygen atoms in total. The fourth-order valence-corrected chi connectivity index (χ4v) is 0.711. The molecule has 2 N–H and O–H groups in total. The van der Waals surface area contributed by atoms with Gasteiger partial charge in [-0.15, -0.1) is 0 Å². The zero-order chi connectivity index (χ0) is 7.98. The van der Waals surface area contributed by atoms with E-state index in [1.165, 1.54) is 14.2 Å². The number of hydrogen-bond donors (Lipinski definition) is 2. The van der Waals surface area contributed by atoms with Crippen LogP contribution >= 0.6 is 0 Å². The molecule has 0 aromatic carbocycles. The summed E-state index contributed by atoms with van der Waals surface area (Å²) in [5.41, 5.74) is 0. The van der Waals surface area contributed by atoms with E-state index in [9.17, 15) is 0 Å². The molecule has 0 bridgehead atoms. The molecule has 10 heavy (non-hydrogen) atoms. The highest BCUT2D eigenvalue weighted by atomic mass is 16.6. The minimum atomic E-state index is -0.519. The molecule has 58 valence electrons. The zero-order valence-corrected chi connectivity index (χ0v) is 6.28. The van der Waals surface area contributed by atoms with Crippen molar-refractivity contribution in [2.45, 2.75) is 0 Å². The molecule has 0 amide bonds. The second-order valence-electron chi connectivity index (χ2n) is 1.97. The third-order valence-electron chi connectivity index (χ3n) is 1.32. The Hall–Kier alpha value is -0.0301. The highest BCUT2D eigenvalue weighted by molar-refractivity contribution is 7.16. The van der Waals surface area contributed by atoms with Crippen LogP contribution in [-0.2, 0) is 9.31 Å². The largest absolute Gasteiger partial charge is 0.420 e. The Kier molecular flexibility index (Phi) is 5.71. The minimum Gasteiger partial charge on any atom is -0.420 e. The second-order valence-corrected chi connectivity index (χ2v) is 1.97. The quantitative estimate of drug-likeness (QED) is 0.458. The van der Waals surface area contributed by atoms with Crippen LogP contribution in [0.3, 0.4) is 0 Å². The lowest BCUT2D eigenvalue weighted by Gasteiger charge is -2.12. The summed E-state index contributed by atoms with van der Waals surface area (Å²) >= 11 is 0. The smallest absolute Gasteiger partial charge is 0.412 e. The molecular weight excluding hydrogens is 134 g/mol. The Morgan fingerprint density at radius 3 is 1.60 bits per heavy atom. The van der Waals surface area contributed by atoms with E-state index in [4.69, 9.17) is 19.5 Å². The maximum absolute atomic E-state index is 8.64. The molecule has 0 aliphatic carbocycles. The van der Waals surface area contributed by atoms with Crippen molar-refractivity contribution in [1.29, 1.82) is 0 Å². The Labute approximate surface area is 61.3 Å². The van der Waals surface area contributed by atoms with Crippen LogP contribution in [0.1, 0.15) is 0 Å². The van der Waals surface area contributed by atoms with Gasteiger partial charge in [0.25, 0.3) is 0 Å². The van der Waals surface area contributed by atoms with Crippen molar-refractivity contribution >= 4 is 13.6 Å². The van der Waals surface area contributed by atoms with Gasteiger partial charge in [0.15, 0.2) is 0 Å². The molecule has 6 heteroatoms. The first kappa shape index (κ1) is 9.97. The lowest BCUT2D eigenvalue weighted by Crippen LogP contribution is -2.45. The van der Waals surface area contributed by atoms with Gasteiger partial charge < -0.3 is 19.5 Å². The highest BCUT2D eigenvalue weighted by Crippen LogP contribution is 1.90. The first-order chi connectivity index (χ1) is 4.79. The van der Waals surface area contributed by atoms with Gasteiger partial charge in [-0.05, 0) is 0 Å². The normalized spacial score (nSPS) is 9.60. The maximum Gasteiger partial charge on any atom is 0.412 e. The molecule has 0 fully saturated rings. The lowest BCUT2D eigenvalue weighted by atomic mass is 9.25. The van der Waals surface area contributed by atoms with Crippen LogP contribution in [-0.4, -0.2) is 51.1 Å². The molecule has 0 unspecified atom stereocenters. The SMILES string of the molecule is COB(OC)B(CO)CO. The third kappa shape index (κ3) is 2.70. The molecule has 0 atom stereocenters. The molecule has 0 saturated carbocycles. The van der Waals surface area contributed by atoms with E-state index in [-0.39, 0.29) is 19.6 Å². The summed E-state index contributed by atoms with van der Waals surface area (Å²) in [4.78, 5) is 0. The topological polar surface area (TPSA) is 58.9 Å². The number of rotatable bonds is 5. The van der Waals surface area contributed by atoms with Crippen molar-refractivity contribution in [3.63, 3.8) is 0 Å². The van der Waals surface area contributed by atoms with E-state index in [1.807, 2.05) is 0 Å². The third-order valence-corrected chi connectivity index (χ3v) is 1.32. The van der Waals surface area contributed by atoms with Crippen LogP contribution in [0.15, 0.2) is 0 Å². The van der Waals surface area contributed by atoms with Crippen molar-refractivity contribution in [3.05, 3.63) is 0 Å². The van der Waals surface area contributed by atoms with E-state index >= 15 is 0 Å². The summed E-state index contributed by atoms with van der Waals surface area (Å²) in [6.07, 6.45) is 0. The molecule has 0 spiro atoms. The van der Waals surface area contributed by atoms with Crippen LogP contribution in [0.5, 0.6) is 0 Å².